The third kappa shape index (κ3) is 3.55. The zero-order valence-corrected chi connectivity index (χ0v) is 12.5. The fourth-order valence-corrected chi connectivity index (χ4v) is 2.13. The van der Waals surface area contributed by atoms with E-state index in [1.54, 1.807) is 12.1 Å². The lowest BCUT2D eigenvalue weighted by molar-refractivity contribution is 0.0953. The van der Waals surface area contributed by atoms with Gasteiger partial charge in [0.05, 0.1) is 11.3 Å². The maximum Gasteiger partial charge on any atom is 0.266 e. The summed E-state index contributed by atoms with van der Waals surface area (Å²) in [5, 5.41) is 0. The minimum atomic E-state index is -0.367. The van der Waals surface area contributed by atoms with E-state index in [1.807, 2.05) is 25.1 Å². The first-order chi connectivity index (χ1) is 9.60. The number of rotatable bonds is 4. The second kappa shape index (κ2) is 6.49. The molecule has 0 aliphatic carbocycles. The predicted octanol–water partition coefficient (Wildman–Crippen LogP) is 2.34. The number of halogens is 1. The molecule has 1 aromatic carbocycles. The number of benzene rings is 1. The van der Waals surface area contributed by atoms with Crippen molar-refractivity contribution in [1.29, 1.82) is 0 Å². The Balaban J connectivity index is 2.02. The molecule has 104 valence electrons. The number of hydrogen-bond donors (Lipinski definition) is 2. The quantitative estimate of drug-likeness (QED) is 0.510. The normalized spacial score (nSPS) is 10.2. The smallest absolute Gasteiger partial charge is 0.266 e. The van der Waals surface area contributed by atoms with Crippen LogP contribution < -0.4 is 16.0 Å². The van der Waals surface area contributed by atoms with Gasteiger partial charge in [-0.25, -0.2) is 5.84 Å². The number of nitrogen functional groups attached to an aromatic ring is 1. The zero-order chi connectivity index (χ0) is 14.5. The third-order valence-electron chi connectivity index (χ3n) is 2.73. The Kier molecular flexibility index (Phi) is 4.70. The number of hydrogen-bond acceptors (Lipinski definition) is 4. The highest BCUT2D eigenvalue weighted by Gasteiger charge is 2.05. The first kappa shape index (κ1) is 14.5. The Morgan fingerprint density at radius 2 is 2.20 bits per heavy atom. The van der Waals surface area contributed by atoms with Crippen LogP contribution in [0.4, 0.5) is 0 Å². The number of aryl methyl sites for hydroxylation is 1. The second-order valence-corrected chi connectivity index (χ2v) is 5.13. The van der Waals surface area contributed by atoms with Gasteiger partial charge in [-0.1, -0.05) is 15.9 Å². The minimum Gasteiger partial charge on any atom is -0.487 e. The first-order valence-corrected chi connectivity index (χ1v) is 6.74. The van der Waals surface area contributed by atoms with E-state index in [-0.39, 0.29) is 5.91 Å². The van der Waals surface area contributed by atoms with Crippen LogP contribution in [0.1, 0.15) is 21.6 Å². The second-order valence-electron chi connectivity index (χ2n) is 4.21. The lowest BCUT2D eigenvalue weighted by atomic mass is 10.2. The van der Waals surface area contributed by atoms with Gasteiger partial charge in [0.1, 0.15) is 12.4 Å². The Morgan fingerprint density at radius 3 is 2.80 bits per heavy atom. The van der Waals surface area contributed by atoms with Crippen LogP contribution in [-0.2, 0) is 6.61 Å². The van der Waals surface area contributed by atoms with Crippen LogP contribution in [0.15, 0.2) is 41.0 Å². The Morgan fingerprint density at radius 1 is 1.40 bits per heavy atom. The molecule has 5 nitrogen and oxygen atoms in total. The van der Waals surface area contributed by atoms with Crippen molar-refractivity contribution in [1.82, 2.24) is 10.4 Å². The van der Waals surface area contributed by atoms with Gasteiger partial charge in [0.2, 0.25) is 0 Å². The Bertz CT molecular complexity index is 614. The predicted molar refractivity (Wildman–Crippen MR) is 79.1 cm³/mol. The van der Waals surface area contributed by atoms with Crippen LogP contribution in [0, 0.1) is 6.92 Å². The topological polar surface area (TPSA) is 77.2 Å². The number of carbonyl (C=O) groups excluding carboxylic acids is 1. The van der Waals surface area contributed by atoms with E-state index >= 15 is 0 Å². The molecular weight excluding hydrogens is 322 g/mol. The summed E-state index contributed by atoms with van der Waals surface area (Å²) in [5.41, 5.74) is 4.25. The Labute approximate surface area is 125 Å². The summed E-state index contributed by atoms with van der Waals surface area (Å²) in [7, 11) is 0. The molecule has 3 N–H and O–H groups in total. The SMILES string of the molecule is Cc1cc(Br)ccc1OCc1ccc(C(=O)NN)cn1. The fourth-order valence-electron chi connectivity index (χ4n) is 1.65. The van der Waals surface area contributed by atoms with Crippen molar-refractivity contribution in [2.75, 3.05) is 0 Å². The van der Waals surface area contributed by atoms with Crippen molar-refractivity contribution in [3.8, 4) is 5.75 Å². The van der Waals surface area contributed by atoms with Crippen molar-refractivity contribution < 1.29 is 9.53 Å². The van der Waals surface area contributed by atoms with E-state index in [0.29, 0.717) is 12.2 Å². The van der Waals surface area contributed by atoms with Crippen LogP contribution in [0.2, 0.25) is 0 Å². The molecule has 0 aliphatic rings. The lowest BCUT2D eigenvalue weighted by Crippen LogP contribution is -2.30. The van der Waals surface area contributed by atoms with Crippen LogP contribution in [0.25, 0.3) is 0 Å². The highest BCUT2D eigenvalue weighted by molar-refractivity contribution is 9.10. The summed E-state index contributed by atoms with van der Waals surface area (Å²) in [5.74, 6) is 5.49. The molecule has 0 fully saturated rings. The molecule has 0 saturated heterocycles. The highest BCUT2D eigenvalue weighted by atomic mass is 79.9. The molecule has 1 aromatic heterocycles. The van der Waals surface area contributed by atoms with Crippen molar-refractivity contribution in [2.45, 2.75) is 13.5 Å². The number of nitrogens with zero attached hydrogens (tertiary/aromatic N) is 1. The highest BCUT2D eigenvalue weighted by Crippen LogP contribution is 2.22. The zero-order valence-electron chi connectivity index (χ0n) is 10.9. The van der Waals surface area contributed by atoms with E-state index in [4.69, 9.17) is 10.6 Å². The molecule has 0 saturated carbocycles. The maximum absolute atomic E-state index is 11.3. The van der Waals surface area contributed by atoms with Gasteiger partial charge in [-0.2, -0.15) is 0 Å². The van der Waals surface area contributed by atoms with Crippen LogP contribution in [0.5, 0.6) is 5.75 Å². The standard InChI is InChI=1S/C14H14BrN3O2/c1-9-6-11(15)3-5-13(9)20-8-12-4-2-10(7-17-12)14(19)18-16/h2-7H,8,16H2,1H3,(H,18,19). The number of amides is 1. The van der Waals surface area contributed by atoms with Gasteiger partial charge >= 0.3 is 0 Å². The number of hydrazine groups is 1. The van der Waals surface area contributed by atoms with Gasteiger partial charge in [-0.15, -0.1) is 0 Å². The number of nitrogens with two attached hydrogens (primary N) is 1. The van der Waals surface area contributed by atoms with Crippen molar-refractivity contribution in [3.05, 3.63) is 57.8 Å². The minimum absolute atomic E-state index is 0.340. The largest absolute Gasteiger partial charge is 0.487 e. The Hall–Kier alpha value is -1.92. The van der Waals surface area contributed by atoms with Gasteiger partial charge in [0.15, 0.2) is 0 Å². The molecule has 0 bridgehead atoms. The molecule has 0 atom stereocenters. The molecule has 2 rings (SSSR count). The summed E-state index contributed by atoms with van der Waals surface area (Å²) in [6.45, 7) is 2.31. The van der Waals surface area contributed by atoms with Crippen LogP contribution in [0.3, 0.4) is 0 Å². The molecule has 0 unspecified atom stereocenters. The van der Waals surface area contributed by atoms with E-state index in [9.17, 15) is 4.79 Å². The average Bonchev–Trinajstić information content (AvgIpc) is 2.46. The van der Waals surface area contributed by atoms with Gasteiger partial charge in [0.25, 0.3) is 5.91 Å². The lowest BCUT2D eigenvalue weighted by Gasteiger charge is -2.09. The van der Waals surface area contributed by atoms with E-state index in [0.717, 1.165) is 21.5 Å². The molecule has 20 heavy (non-hydrogen) atoms. The van der Waals surface area contributed by atoms with Crippen molar-refractivity contribution >= 4 is 21.8 Å². The number of carbonyl (C=O) groups is 1. The third-order valence-corrected chi connectivity index (χ3v) is 3.22. The summed E-state index contributed by atoms with van der Waals surface area (Å²) < 4.78 is 6.71. The monoisotopic (exact) mass is 335 g/mol. The molecule has 0 radical (unpaired) electrons. The summed E-state index contributed by atoms with van der Waals surface area (Å²) in [4.78, 5) is 15.4. The average molecular weight is 336 g/mol. The van der Waals surface area contributed by atoms with Gasteiger partial charge in [-0.05, 0) is 42.8 Å². The van der Waals surface area contributed by atoms with Gasteiger partial charge < -0.3 is 4.74 Å². The van der Waals surface area contributed by atoms with Crippen LogP contribution in [-0.4, -0.2) is 10.9 Å². The molecule has 1 amide bonds. The van der Waals surface area contributed by atoms with Crippen LogP contribution >= 0.6 is 15.9 Å². The molecule has 2 aromatic rings. The molecule has 1 heterocycles. The molecular formula is C14H14BrN3O2. The first-order valence-electron chi connectivity index (χ1n) is 5.95. The van der Waals surface area contributed by atoms with Crippen molar-refractivity contribution in [3.63, 3.8) is 0 Å². The fraction of sp³-hybridized carbons (Fsp3) is 0.143. The van der Waals surface area contributed by atoms with E-state index in [1.165, 1.54) is 6.20 Å². The summed E-state index contributed by atoms with van der Waals surface area (Å²) >= 11 is 3.40. The summed E-state index contributed by atoms with van der Waals surface area (Å²) in [6.07, 6.45) is 1.47. The molecule has 6 heteroatoms. The van der Waals surface area contributed by atoms with Crippen molar-refractivity contribution in [2.24, 2.45) is 5.84 Å². The summed E-state index contributed by atoms with van der Waals surface area (Å²) in [6, 6.07) is 9.19. The molecule has 0 spiro atoms. The molecule has 0 aliphatic heterocycles. The van der Waals surface area contributed by atoms with Gasteiger partial charge in [0, 0.05) is 10.7 Å². The maximum atomic E-state index is 11.3. The number of ether oxygens (including phenoxy) is 1. The van der Waals surface area contributed by atoms with Gasteiger partial charge in [-0.3, -0.25) is 15.2 Å². The number of nitrogens with one attached hydrogen (secondary N) is 1. The van der Waals surface area contributed by atoms with E-state index < -0.39 is 0 Å². The van der Waals surface area contributed by atoms with E-state index in [2.05, 4.69) is 26.3 Å². The number of pyridine rings is 1. The number of aromatic nitrogens is 1.